The van der Waals surface area contributed by atoms with E-state index in [2.05, 4.69) is 33.4 Å². The minimum atomic E-state index is -0.315. The van der Waals surface area contributed by atoms with Crippen LogP contribution < -0.4 is 5.56 Å². The van der Waals surface area contributed by atoms with Gasteiger partial charge in [0.1, 0.15) is 5.56 Å². The van der Waals surface area contributed by atoms with Gasteiger partial charge in [-0.05, 0) is 43.5 Å². The molecule has 3 aromatic rings. The highest BCUT2D eigenvalue weighted by atomic mass is 16.2. The van der Waals surface area contributed by atoms with E-state index in [-0.39, 0.29) is 17.0 Å². The summed E-state index contributed by atoms with van der Waals surface area (Å²) in [5.74, 6) is 0.146. The van der Waals surface area contributed by atoms with Gasteiger partial charge in [0.25, 0.3) is 11.5 Å². The molecule has 6 heteroatoms. The quantitative estimate of drug-likeness (QED) is 0.734. The summed E-state index contributed by atoms with van der Waals surface area (Å²) in [5.41, 5.74) is 4.07. The van der Waals surface area contributed by atoms with Crippen LogP contribution in [0.5, 0.6) is 0 Å². The molecule has 0 spiro atoms. The third-order valence-electron chi connectivity index (χ3n) is 5.37. The van der Waals surface area contributed by atoms with Gasteiger partial charge >= 0.3 is 0 Å². The number of aromatic nitrogens is 3. The third kappa shape index (κ3) is 3.91. The van der Waals surface area contributed by atoms with E-state index in [0.717, 1.165) is 36.3 Å². The molecule has 6 nitrogen and oxygen atoms in total. The summed E-state index contributed by atoms with van der Waals surface area (Å²) in [4.78, 5) is 29.2. The lowest BCUT2D eigenvalue weighted by Crippen LogP contribution is -2.40. The molecule has 1 amide bonds. The zero-order valence-corrected chi connectivity index (χ0v) is 15.9. The van der Waals surface area contributed by atoms with Crippen LogP contribution in [0.15, 0.2) is 53.3 Å². The fraction of sp³-hybridized carbons (Fsp3) is 0.318. The van der Waals surface area contributed by atoms with Crippen molar-refractivity contribution >= 4 is 5.91 Å². The van der Waals surface area contributed by atoms with E-state index in [4.69, 9.17) is 0 Å². The summed E-state index contributed by atoms with van der Waals surface area (Å²) in [5, 5.41) is 7.65. The average Bonchev–Trinajstić information content (AvgIpc) is 3.17. The van der Waals surface area contributed by atoms with Gasteiger partial charge in [0.05, 0.1) is 5.69 Å². The number of aromatic amines is 2. The first-order chi connectivity index (χ1) is 13.6. The molecule has 0 unspecified atom stereocenters. The molecule has 144 valence electrons. The van der Waals surface area contributed by atoms with E-state index >= 15 is 0 Å². The number of benzene rings is 1. The number of piperidine rings is 1. The van der Waals surface area contributed by atoms with Crippen molar-refractivity contribution in [2.45, 2.75) is 32.1 Å². The van der Waals surface area contributed by atoms with Crippen molar-refractivity contribution in [3.05, 3.63) is 87.1 Å². The maximum atomic E-state index is 12.7. The Hall–Kier alpha value is -3.15. The Morgan fingerprint density at radius 3 is 2.61 bits per heavy atom. The number of H-pyrrole nitrogens is 2. The molecule has 1 aromatic carbocycles. The molecule has 1 aliphatic rings. The van der Waals surface area contributed by atoms with Gasteiger partial charge in [0.15, 0.2) is 0 Å². The summed E-state index contributed by atoms with van der Waals surface area (Å²) < 4.78 is 0. The highest BCUT2D eigenvalue weighted by Crippen LogP contribution is 2.28. The number of carbonyl (C=O) groups is 1. The first kappa shape index (κ1) is 18.2. The number of hydrogen-bond donors (Lipinski definition) is 2. The Labute approximate surface area is 163 Å². The van der Waals surface area contributed by atoms with Gasteiger partial charge in [0.2, 0.25) is 0 Å². The van der Waals surface area contributed by atoms with E-state index in [0.29, 0.717) is 19.0 Å². The maximum Gasteiger partial charge on any atom is 0.260 e. The number of nitrogens with zero attached hydrogens (tertiary/aromatic N) is 2. The highest BCUT2D eigenvalue weighted by molar-refractivity contribution is 5.93. The molecular weight excluding hydrogens is 352 g/mol. The number of nitrogens with one attached hydrogen (secondary N) is 2. The van der Waals surface area contributed by atoms with Crippen LogP contribution in [-0.2, 0) is 6.42 Å². The monoisotopic (exact) mass is 376 g/mol. The second-order valence-electron chi connectivity index (χ2n) is 7.43. The topological polar surface area (TPSA) is 81.8 Å². The average molecular weight is 376 g/mol. The van der Waals surface area contributed by atoms with Crippen molar-refractivity contribution < 1.29 is 4.79 Å². The number of rotatable bonds is 4. The molecule has 2 aromatic heterocycles. The van der Waals surface area contributed by atoms with Crippen molar-refractivity contribution in [2.75, 3.05) is 13.1 Å². The van der Waals surface area contributed by atoms with Crippen LogP contribution in [-0.4, -0.2) is 39.1 Å². The molecule has 1 fully saturated rings. The van der Waals surface area contributed by atoms with Gasteiger partial charge in [0, 0.05) is 36.8 Å². The molecule has 2 N–H and O–H groups in total. The number of amides is 1. The van der Waals surface area contributed by atoms with E-state index in [1.165, 1.54) is 5.56 Å². The van der Waals surface area contributed by atoms with Crippen LogP contribution >= 0.6 is 0 Å². The first-order valence-electron chi connectivity index (χ1n) is 9.67. The smallest absolute Gasteiger partial charge is 0.260 e. The number of pyridine rings is 1. The van der Waals surface area contributed by atoms with Gasteiger partial charge in [-0.15, -0.1) is 0 Å². The number of carbonyl (C=O) groups excluding carboxylic acids is 1. The lowest BCUT2D eigenvalue weighted by Gasteiger charge is -2.31. The Morgan fingerprint density at radius 2 is 1.89 bits per heavy atom. The summed E-state index contributed by atoms with van der Waals surface area (Å²) in [6, 6.07) is 15.8. The number of likely N-dealkylation sites (tertiary alicyclic amines) is 1. The Balaban J connectivity index is 1.38. The fourth-order valence-electron chi connectivity index (χ4n) is 3.78. The Kier molecular flexibility index (Phi) is 5.10. The molecule has 0 radical (unpaired) electrons. The number of aryl methyl sites for hydroxylation is 1. The van der Waals surface area contributed by atoms with Crippen molar-refractivity contribution in [1.29, 1.82) is 0 Å². The van der Waals surface area contributed by atoms with Gasteiger partial charge in [-0.2, -0.15) is 5.10 Å². The van der Waals surface area contributed by atoms with Crippen molar-refractivity contribution in [1.82, 2.24) is 20.1 Å². The maximum absolute atomic E-state index is 12.7. The second kappa shape index (κ2) is 7.84. The third-order valence-corrected chi connectivity index (χ3v) is 5.37. The molecule has 28 heavy (non-hydrogen) atoms. The second-order valence-corrected chi connectivity index (χ2v) is 7.43. The van der Waals surface area contributed by atoms with Crippen LogP contribution in [0.25, 0.3) is 0 Å². The lowest BCUT2D eigenvalue weighted by molar-refractivity contribution is 0.0710. The minimum Gasteiger partial charge on any atom is -0.338 e. The lowest BCUT2D eigenvalue weighted by atomic mass is 9.93. The molecule has 0 atom stereocenters. The van der Waals surface area contributed by atoms with E-state index < -0.39 is 0 Å². The zero-order chi connectivity index (χ0) is 19.5. The molecule has 0 bridgehead atoms. The largest absolute Gasteiger partial charge is 0.338 e. The van der Waals surface area contributed by atoms with Gasteiger partial charge in [-0.25, -0.2) is 0 Å². The van der Waals surface area contributed by atoms with Crippen LogP contribution in [0, 0.1) is 6.92 Å². The summed E-state index contributed by atoms with van der Waals surface area (Å²) in [7, 11) is 0. The van der Waals surface area contributed by atoms with Crippen molar-refractivity contribution in [3.8, 4) is 0 Å². The van der Waals surface area contributed by atoms with Gasteiger partial charge < -0.3 is 9.88 Å². The molecular formula is C22H24N4O2. The van der Waals surface area contributed by atoms with Gasteiger partial charge in [-0.3, -0.25) is 14.7 Å². The molecule has 3 heterocycles. The zero-order valence-electron chi connectivity index (χ0n) is 15.9. The molecule has 0 aliphatic carbocycles. The molecule has 1 saturated heterocycles. The summed E-state index contributed by atoms with van der Waals surface area (Å²) in [6.45, 7) is 3.08. The Bertz CT molecular complexity index is 1010. The summed E-state index contributed by atoms with van der Waals surface area (Å²) >= 11 is 0. The fourth-order valence-corrected chi connectivity index (χ4v) is 3.78. The van der Waals surface area contributed by atoms with Gasteiger partial charge in [-0.1, -0.05) is 30.3 Å². The summed E-state index contributed by atoms with van der Waals surface area (Å²) in [6.07, 6.45) is 2.54. The minimum absolute atomic E-state index is 0.188. The molecule has 1 aliphatic heterocycles. The van der Waals surface area contributed by atoms with Crippen LogP contribution in [0.4, 0.5) is 0 Å². The predicted molar refractivity (Wildman–Crippen MR) is 108 cm³/mol. The SMILES string of the molecule is Cc1ccc(C(=O)N2CCC(c3cc(Cc4ccccc4)[nH]n3)CC2)c(=O)[nH]1. The van der Waals surface area contributed by atoms with E-state index in [1.54, 1.807) is 24.0 Å². The van der Waals surface area contributed by atoms with Crippen molar-refractivity contribution in [3.63, 3.8) is 0 Å². The van der Waals surface area contributed by atoms with E-state index in [9.17, 15) is 9.59 Å². The molecule has 0 saturated carbocycles. The predicted octanol–water partition coefficient (Wildman–Crippen LogP) is 3.02. The Morgan fingerprint density at radius 1 is 1.14 bits per heavy atom. The van der Waals surface area contributed by atoms with Crippen LogP contribution in [0.2, 0.25) is 0 Å². The molecule has 4 rings (SSSR count). The standard InChI is InChI=1S/C22H24N4O2/c1-15-7-8-19(21(27)23-15)22(28)26-11-9-17(10-12-26)20-14-18(24-25-20)13-16-5-3-2-4-6-16/h2-8,14,17H,9-13H2,1H3,(H,23,27)(H,24,25). The number of hydrogen-bond acceptors (Lipinski definition) is 3. The van der Waals surface area contributed by atoms with Crippen LogP contribution in [0.3, 0.4) is 0 Å². The highest BCUT2D eigenvalue weighted by Gasteiger charge is 2.27. The van der Waals surface area contributed by atoms with Crippen molar-refractivity contribution in [2.24, 2.45) is 0 Å². The van der Waals surface area contributed by atoms with Crippen LogP contribution in [0.1, 0.15) is 51.8 Å². The van der Waals surface area contributed by atoms with E-state index in [1.807, 2.05) is 18.2 Å². The first-order valence-corrected chi connectivity index (χ1v) is 9.67. The normalized spacial score (nSPS) is 15.0.